The first-order chi connectivity index (χ1) is 9.73. The molecule has 1 unspecified atom stereocenters. The normalized spacial score (nSPS) is 14.1. The number of hydrogen-bond acceptors (Lipinski definition) is 5. The molecular weight excluding hydrogens is 290 g/mol. The lowest BCUT2D eigenvalue weighted by molar-refractivity contribution is -0.119. The van der Waals surface area contributed by atoms with E-state index >= 15 is 0 Å². The van der Waals surface area contributed by atoms with E-state index in [1.165, 1.54) is 11.3 Å². The molecule has 6 nitrogen and oxygen atoms in total. The van der Waals surface area contributed by atoms with Crippen molar-refractivity contribution in [3.8, 4) is 0 Å². The van der Waals surface area contributed by atoms with Gasteiger partial charge in [0.25, 0.3) is 0 Å². The summed E-state index contributed by atoms with van der Waals surface area (Å²) in [6.45, 7) is 9.20. The van der Waals surface area contributed by atoms with E-state index in [0.717, 1.165) is 6.42 Å². The molecular formula is C14H23N3O3S. The Morgan fingerprint density at radius 3 is 2.57 bits per heavy atom. The van der Waals surface area contributed by atoms with Crippen molar-refractivity contribution < 1.29 is 14.3 Å². The fourth-order valence-electron chi connectivity index (χ4n) is 1.60. The van der Waals surface area contributed by atoms with Gasteiger partial charge in [-0.25, -0.2) is 9.78 Å². The first-order valence-corrected chi connectivity index (χ1v) is 7.80. The molecule has 2 N–H and O–H groups in total. The van der Waals surface area contributed by atoms with Crippen LogP contribution in [0.5, 0.6) is 0 Å². The van der Waals surface area contributed by atoms with Crippen LogP contribution in [0.1, 0.15) is 41.0 Å². The Hall–Kier alpha value is -1.63. The molecule has 0 bridgehead atoms. The van der Waals surface area contributed by atoms with Crippen LogP contribution >= 0.6 is 11.3 Å². The van der Waals surface area contributed by atoms with Crippen LogP contribution in [-0.2, 0) is 9.53 Å². The topological polar surface area (TPSA) is 80.3 Å². The molecule has 2 atom stereocenters. The predicted molar refractivity (Wildman–Crippen MR) is 83.4 cm³/mol. The van der Waals surface area contributed by atoms with Gasteiger partial charge in [0.1, 0.15) is 11.6 Å². The summed E-state index contributed by atoms with van der Waals surface area (Å²) in [6, 6.07) is -0.659. The van der Waals surface area contributed by atoms with E-state index in [9.17, 15) is 9.59 Å². The minimum atomic E-state index is -0.659. The van der Waals surface area contributed by atoms with E-state index in [4.69, 9.17) is 4.74 Å². The molecule has 0 spiro atoms. The van der Waals surface area contributed by atoms with Crippen molar-refractivity contribution in [2.75, 3.05) is 5.32 Å². The van der Waals surface area contributed by atoms with Gasteiger partial charge in [0, 0.05) is 11.6 Å². The van der Waals surface area contributed by atoms with E-state index in [1.54, 1.807) is 32.3 Å². The number of nitrogens with zero attached hydrogens (tertiary/aromatic N) is 1. The number of amides is 2. The predicted octanol–water partition coefficient (Wildman–Crippen LogP) is 3.02. The highest BCUT2D eigenvalue weighted by Crippen LogP contribution is 2.15. The molecule has 1 rings (SSSR count). The van der Waals surface area contributed by atoms with E-state index in [0.29, 0.717) is 5.13 Å². The van der Waals surface area contributed by atoms with Gasteiger partial charge in [0.2, 0.25) is 5.91 Å². The van der Waals surface area contributed by atoms with E-state index < -0.39 is 17.7 Å². The Labute approximate surface area is 129 Å². The van der Waals surface area contributed by atoms with Gasteiger partial charge in [-0.05, 0) is 26.7 Å². The Morgan fingerprint density at radius 2 is 2.10 bits per heavy atom. The van der Waals surface area contributed by atoms with Crippen LogP contribution in [0.15, 0.2) is 11.6 Å². The summed E-state index contributed by atoms with van der Waals surface area (Å²) in [5, 5.41) is 7.63. The molecule has 7 heteroatoms. The van der Waals surface area contributed by atoms with Crippen molar-refractivity contribution >= 4 is 28.5 Å². The molecule has 118 valence electrons. The lowest BCUT2D eigenvalue weighted by Gasteiger charge is -2.25. The molecule has 1 aromatic heterocycles. The molecule has 0 radical (unpaired) electrons. The number of anilines is 1. The van der Waals surface area contributed by atoms with Gasteiger partial charge in [-0.3, -0.25) is 4.79 Å². The van der Waals surface area contributed by atoms with Crippen molar-refractivity contribution in [3.63, 3.8) is 0 Å². The molecule has 0 aliphatic carbocycles. The van der Waals surface area contributed by atoms with Crippen molar-refractivity contribution in [2.24, 2.45) is 5.92 Å². The second kappa shape index (κ2) is 7.40. The van der Waals surface area contributed by atoms with Crippen LogP contribution in [0.25, 0.3) is 0 Å². The quantitative estimate of drug-likeness (QED) is 0.875. The number of rotatable bonds is 5. The first-order valence-electron chi connectivity index (χ1n) is 6.92. The molecule has 0 fully saturated rings. The number of ether oxygens (including phenoxy) is 1. The van der Waals surface area contributed by atoms with Gasteiger partial charge in [0.05, 0.1) is 0 Å². The van der Waals surface area contributed by atoms with Crippen molar-refractivity contribution in [3.05, 3.63) is 11.6 Å². The van der Waals surface area contributed by atoms with Crippen LogP contribution in [0.2, 0.25) is 0 Å². The van der Waals surface area contributed by atoms with E-state index in [-0.39, 0.29) is 11.8 Å². The summed E-state index contributed by atoms with van der Waals surface area (Å²) in [5.41, 5.74) is -0.601. The van der Waals surface area contributed by atoms with Crippen LogP contribution in [-0.4, -0.2) is 28.6 Å². The summed E-state index contributed by atoms with van der Waals surface area (Å²) in [5.74, 6) is -0.303. The average Bonchev–Trinajstić information content (AvgIpc) is 2.85. The van der Waals surface area contributed by atoms with Gasteiger partial charge in [-0.15, -0.1) is 11.3 Å². The van der Waals surface area contributed by atoms with Gasteiger partial charge in [-0.2, -0.15) is 0 Å². The molecule has 1 heterocycles. The zero-order valence-electron chi connectivity index (χ0n) is 13.1. The van der Waals surface area contributed by atoms with Crippen molar-refractivity contribution in [2.45, 2.75) is 52.7 Å². The van der Waals surface area contributed by atoms with Gasteiger partial charge < -0.3 is 15.4 Å². The monoisotopic (exact) mass is 313 g/mol. The molecule has 21 heavy (non-hydrogen) atoms. The molecule has 0 saturated heterocycles. The van der Waals surface area contributed by atoms with Crippen LogP contribution < -0.4 is 10.6 Å². The Bertz CT molecular complexity index is 468. The number of aromatic nitrogens is 1. The summed E-state index contributed by atoms with van der Waals surface area (Å²) in [6.07, 6.45) is 1.77. The smallest absolute Gasteiger partial charge is 0.408 e. The largest absolute Gasteiger partial charge is 0.444 e. The molecule has 0 aromatic carbocycles. The molecule has 0 saturated carbocycles. The SMILES string of the molecule is CCC(C)[C@H](NC(=O)OC(C)(C)C)C(=O)Nc1nccs1. The number of carbonyl (C=O) groups excluding carboxylic acids is 2. The minimum absolute atomic E-state index is 0.0162. The van der Waals surface area contributed by atoms with Crippen molar-refractivity contribution in [1.82, 2.24) is 10.3 Å². The third-order valence-corrected chi connectivity index (χ3v) is 3.52. The van der Waals surface area contributed by atoms with Crippen LogP contribution in [0.4, 0.5) is 9.93 Å². The third kappa shape index (κ3) is 6.12. The Morgan fingerprint density at radius 1 is 1.43 bits per heavy atom. The molecule has 0 aliphatic heterocycles. The number of alkyl carbamates (subject to hydrolysis) is 1. The zero-order valence-corrected chi connectivity index (χ0v) is 13.9. The lowest BCUT2D eigenvalue weighted by Crippen LogP contribution is -2.49. The highest BCUT2D eigenvalue weighted by Gasteiger charge is 2.28. The highest BCUT2D eigenvalue weighted by atomic mass is 32.1. The number of nitrogens with one attached hydrogen (secondary N) is 2. The van der Waals surface area contributed by atoms with E-state index in [2.05, 4.69) is 15.6 Å². The van der Waals surface area contributed by atoms with E-state index in [1.807, 2.05) is 13.8 Å². The van der Waals surface area contributed by atoms with Crippen LogP contribution in [0.3, 0.4) is 0 Å². The maximum Gasteiger partial charge on any atom is 0.408 e. The second-order valence-electron chi connectivity index (χ2n) is 5.84. The van der Waals surface area contributed by atoms with Gasteiger partial charge in [0.15, 0.2) is 5.13 Å². The maximum atomic E-state index is 12.3. The summed E-state index contributed by atoms with van der Waals surface area (Å²) < 4.78 is 5.21. The number of thiazole rings is 1. The average molecular weight is 313 g/mol. The molecule has 1 aromatic rings. The van der Waals surface area contributed by atoms with Crippen molar-refractivity contribution in [1.29, 1.82) is 0 Å². The third-order valence-electron chi connectivity index (χ3n) is 2.83. The highest BCUT2D eigenvalue weighted by molar-refractivity contribution is 7.13. The number of hydrogen-bond donors (Lipinski definition) is 2. The molecule has 2 amide bonds. The fourth-order valence-corrected chi connectivity index (χ4v) is 2.14. The number of carbonyl (C=O) groups is 2. The van der Waals surface area contributed by atoms with Gasteiger partial charge >= 0.3 is 6.09 Å². The molecule has 0 aliphatic rings. The maximum absolute atomic E-state index is 12.3. The second-order valence-corrected chi connectivity index (χ2v) is 6.73. The Balaban J connectivity index is 2.71. The summed E-state index contributed by atoms with van der Waals surface area (Å²) in [4.78, 5) is 28.2. The summed E-state index contributed by atoms with van der Waals surface area (Å²) >= 11 is 1.33. The summed E-state index contributed by atoms with van der Waals surface area (Å²) in [7, 11) is 0. The lowest BCUT2D eigenvalue weighted by atomic mass is 9.98. The first kappa shape index (κ1) is 17.4. The minimum Gasteiger partial charge on any atom is -0.444 e. The van der Waals surface area contributed by atoms with Crippen LogP contribution in [0, 0.1) is 5.92 Å². The van der Waals surface area contributed by atoms with Gasteiger partial charge in [-0.1, -0.05) is 20.3 Å². The standard InChI is InChI=1S/C14H23N3O3S/c1-6-9(2)10(16-13(19)20-14(3,4)5)11(18)17-12-15-7-8-21-12/h7-10H,6H2,1-5H3,(H,16,19)(H,15,17,18)/t9?,10-/m0/s1. The fraction of sp³-hybridized carbons (Fsp3) is 0.643. The zero-order chi connectivity index (χ0) is 16.0. The Kier molecular flexibility index (Phi) is 6.14.